The van der Waals surface area contributed by atoms with Crippen molar-refractivity contribution in [1.29, 1.82) is 0 Å². The number of morpholine rings is 1. The van der Waals surface area contributed by atoms with Crippen molar-refractivity contribution in [3.63, 3.8) is 0 Å². The lowest BCUT2D eigenvalue weighted by Gasteiger charge is -2.28. The Balaban J connectivity index is 1.65. The lowest BCUT2D eigenvalue weighted by atomic mass is 10.1. The number of aromatic nitrogens is 3. The molecule has 0 bridgehead atoms. The molecule has 5 rings (SSSR count). The van der Waals surface area contributed by atoms with Crippen molar-refractivity contribution in [2.45, 2.75) is 6.61 Å². The monoisotopic (exact) mass is 444 g/mol. The van der Waals surface area contributed by atoms with Gasteiger partial charge in [-0.25, -0.2) is 9.97 Å². The molecule has 0 saturated carbocycles. The van der Waals surface area contributed by atoms with Crippen LogP contribution in [0.3, 0.4) is 0 Å². The summed E-state index contributed by atoms with van der Waals surface area (Å²) in [6.45, 7) is 2.76. The maximum atomic E-state index is 11.4. The Morgan fingerprint density at radius 3 is 2.87 bits per heavy atom. The summed E-state index contributed by atoms with van der Waals surface area (Å²) in [5, 5.41) is 1.06. The molecule has 4 aromatic rings. The third-order valence-electron chi connectivity index (χ3n) is 4.97. The molecule has 156 valence electrons. The van der Waals surface area contributed by atoms with Crippen molar-refractivity contribution in [3.8, 4) is 11.4 Å². The van der Waals surface area contributed by atoms with Gasteiger partial charge in [0.15, 0.2) is 11.6 Å². The van der Waals surface area contributed by atoms with Gasteiger partial charge in [-0.3, -0.25) is 4.18 Å². The van der Waals surface area contributed by atoms with Crippen LogP contribution in [0.25, 0.3) is 32.5 Å². The first kappa shape index (κ1) is 19.4. The van der Waals surface area contributed by atoms with Gasteiger partial charge in [-0.2, -0.15) is 8.42 Å². The maximum absolute atomic E-state index is 11.4. The Morgan fingerprint density at radius 2 is 2.07 bits per heavy atom. The molecule has 1 aliphatic heterocycles. The van der Waals surface area contributed by atoms with Crippen molar-refractivity contribution in [2.24, 2.45) is 0 Å². The highest BCUT2D eigenvalue weighted by atomic mass is 32.2. The number of ether oxygens (including phenoxy) is 1. The van der Waals surface area contributed by atoms with Crippen LogP contribution in [0.5, 0.6) is 0 Å². The highest BCUT2D eigenvalue weighted by molar-refractivity contribution is 7.85. The minimum Gasteiger partial charge on any atom is -0.378 e. The number of H-pyrrole nitrogens is 1. The molecule has 30 heavy (non-hydrogen) atoms. The zero-order valence-corrected chi connectivity index (χ0v) is 17.9. The van der Waals surface area contributed by atoms with E-state index in [2.05, 4.69) is 9.88 Å². The number of nitrogens with one attached hydrogen (secondary N) is 1. The molecule has 1 N–H and O–H groups in total. The highest BCUT2D eigenvalue weighted by Gasteiger charge is 2.21. The first-order chi connectivity index (χ1) is 14.5. The van der Waals surface area contributed by atoms with Crippen molar-refractivity contribution in [1.82, 2.24) is 15.0 Å². The maximum Gasteiger partial charge on any atom is 0.264 e. The third-order valence-corrected chi connectivity index (χ3v) is 6.61. The van der Waals surface area contributed by atoms with E-state index < -0.39 is 10.1 Å². The van der Waals surface area contributed by atoms with Crippen molar-refractivity contribution in [2.75, 3.05) is 37.5 Å². The second kappa shape index (κ2) is 7.62. The van der Waals surface area contributed by atoms with E-state index in [-0.39, 0.29) is 6.61 Å². The van der Waals surface area contributed by atoms with E-state index in [9.17, 15) is 8.42 Å². The SMILES string of the molecule is CS(=O)(=O)OCc1cc2nc(-c3cccc4[nH]ccc34)nc(N3CCOCC3)c2s1. The predicted molar refractivity (Wildman–Crippen MR) is 117 cm³/mol. The van der Waals surface area contributed by atoms with Crippen LogP contribution in [0, 0.1) is 0 Å². The molecule has 3 aromatic heterocycles. The van der Waals surface area contributed by atoms with Crippen LogP contribution in [0.15, 0.2) is 36.5 Å². The van der Waals surface area contributed by atoms with E-state index >= 15 is 0 Å². The molecule has 10 heteroatoms. The smallest absolute Gasteiger partial charge is 0.264 e. The molecular formula is C20H20N4O4S2. The fourth-order valence-electron chi connectivity index (χ4n) is 3.59. The van der Waals surface area contributed by atoms with Crippen molar-refractivity contribution >= 4 is 48.4 Å². The Labute approximate surface area is 177 Å². The van der Waals surface area contributed by atoms with Gasteiger partial charge in [0.2, 0.25) is 0 Å². The van der Waals surface area contributed by atoms with E-state index in [4.69, 9.17) is 18.9 Å². The molecule has 1 aromatic carbocycles. The number of hydrogen-bond donors (Lipinski definition) is 1. The molecule has 0 spiro atoms. The van der Waals surface area contributed by atoms with Gasteiger partial charge in [-0.15, -0.1) is 11.3 Å². The second-order valence-electron chi connectivity index (χ2n) is 7.11. The second-order valence-corrected chi connectivity index (χ2v) is 9.89. The van der Waals surface area contributed by atoms with E-state index in [0.29, 0.717) is 19.0 Å². The Morgan fingerprint density at radius 1 is 1.23 bits per heavy atom. The Bertz CT molecular complexity index is 1320. The van der Waals surface area contributed by atoms with Crippen LogP contribution >= 0.6 is 11.3 Å². The summed E-state index contributed by atoms with van der Waals surface area (Å²) < 4.78 is 34.2. The van der Waals surface area contributed by atoms with Crippen molar-refractivity contribution in [3.05, 3.63) is 41.4 Å². The largest absolute Gasteiger partial charge is 0.378 e. The standard InChI is InChI=1S/C20H20N4O4S2/c1-30(25,26)28-12-13-11-17-18(29-13)20(24-7-9-27-10-8-24)23-19(22-17)15-3-2-4-16-14(15)5-6-21-16/h2-6,11,21H,7-10,12H2,1H3. The molecule has 1 saturated heterocycles. The summed E-state index contributed by atoms with van der Waals surface area (Å²) in [7, 11) is -3.52. The fraction of sp³-hybridized carbons (Fsp3) is 0.300. The quantitative estimate of drug-likeness (QED) is 0.472. The summed E-state index contributed by atoms with van der Waals surface area (Å²) in [5.41, 5.74) is 2.76. The Kier molecular flexibility index (Phi) is 4.94. The van der Waals surface area contributed by atoms with Gasteiger partial charge >= 0.3 is 0 Å². The normalized spacial score (nSPS) is 15.3. The third kappa shape index (κ3) is 3.79. The van der Waals surface area contributed by atoms with Gasteiger partial charge < -0.3 is 14.6 Å². The summed E-state index contributed by atoms with van der Waals surface area (Å²) in [4.78, 5) is 16.0. The molecule has 4 heterocycles. The Hall–Kier alpha value is -2.53. The average Bonchev–Trinajstić information content (AvgIpc) is 3.38. The van der Waals surface area contributed by atoms with Gasteiger partial charge in [0.25, 0.3) is 10.1 Å². The van der Waals surface area contributed by atoms with Gasteiger partial charge in [-0.05, 0) is 18.2 Å². The molecule has 0 unspecified atom stereocenters. The lowest BCUT2D eigenvalue weighted by Crippen LogP contribution is -2.36. The molecule has 1 aliphatic rings. The van der Waals surface area contributed by atoms with E-state index in [1.54, 1.807) is 0 Å². The number of hydrogen-bond acceptors (Lipinski definition) is 8. The van der Waals surface area contributed by atoms with Crippen LogP contribution in [0.1, 0.15) is 4.88 Å². The minimum atomic E-state index is -3.52. The van der Waals surface area contributed by atoms with Gasteiger partial charge in [-0.1, -0.05) is 12.1 Å². The van der Waals surface area contributed by atoms with E-state index in [1.807, 2.05) is 36.5 Å². The summed E-state index contributed by atoms with van der Waals surface area (Å²) in [6.07, 6.45) is 2.95. The summed E-state index contributed by atoms with van der Waals surface area (Å²) in [5.74, 6) is 1.49. The average molecular weight is 445 g/mol. The number of fused-ring (bicyclic) bond motifs is 2. The number of benzene rings is 1. The highest BCUT2D eigenvalue weighted by Crippen LogP contribution is 2.36. The molecule has 8 nitrogen and oxygen atoms in total. The van der Waals surface area contributed by atoms with Gasteiger partial charge in [0, 0.05) is 40.6 Å². The van der Waals surface area contributed by atoms with Crippen LogP contribution in [-0.4, -0.2) is 55.9 Å². The summed E-state index contributed by atoms with van der Waals surface area (Å²) >= 11 is 1.46. The number of rotatable bonds is 5. The molecule has 0 amide bonds. The topological polar surface area (TPSA) is 97.4 Å². The van der Waals surface area contributed by atoms with Crippen LogP contribution in [-0.2, 0) is 25.6 Å². The predicted octanol–water partition coefficient (Wildman–Crippen LogP) is 3.15. The van der Waals surface area contributed by atoms with Crippen molar-refractivity contribution < 1.29 is 17.3 Å². The van der Waals surface area contributed by atoms with Gasteiger partial charge in [0.1, 0.15) is 6.61 Å². The molecule has 0 radical (unpaired) electrons. The number of aromatic amines is 1. The molecule has 0 aliphatic carbocycles. The van der Waals surface area contributed by atoms with Gasteiger partial charge in [0.05, 0.1) is 29.7 Å². The molecule has 1 fully saturated rings. The number of nitrogens with zero attached hydrogens (tertiary/aromatic N) is 3. The van der Waals surface area contributed by atoms with Crippen LogP contribution < -0.4 is 4.90 Å². The fourth-order valence-corrected chi connectivity index (χ4v) is 5.03. The molecular weight excluding hydrogens is 424 g/mol. The first-order valence-corrected chi connectivity index (χ1v) is 12.2. The van der Waals surface area contributed by atoms with E-state index in [0.717, 1.165) is 56.7 Å². The summed E-state index contributed by atoms with van der Waals surface area (Å²) in [6, 6.07) is 9.92. The number of anilines is 1. The van der Waals surface area contributed by atoms with Crippen LogP contribution in [0.4, 0.5) is 5.82 Å². The zero-order chi connectivity index (χ0) is 20.7. The lowest BCUT2D eigenvalue weighted by molar-refractivity contribution is 0.122. The zero-order valence-electron chi connectivity index (χ0n) is 16.3. The van der Waals surface area contributed by atoms with E-state index in [1.165, 1.54) is 11.3 Å². The number of thiophene rings is 1. The first-order valence-electron chi connectivity index (χ1n) is 9.52. The molecule has 0 atom stereocenters. The van der Waals surface area contributed by atoms with Crippen LogP contribution in [0.2, 0.25) is 0 Å². The minimum absolute atomic E-state index is 0.00879.